The Morgan fingerprint density at radius 2 is 2.33 bits per heavy atom. The molecule has 0 atom stereocenters. The molecule has 48 valence electrons. The van der Waals surface area contributed by atoms with E-state index in [9.17, 15) is 4.79 Å². The summed E-state index contributed by atoms with van der Waals surface area (Å²) in [7, 11) is 0. The van der Waals surface area contributed by atoms with Crippen LogP contribution in [0, 0.1) is 6.92 Å². The van der Waals surface area contributed by atoms with E-state index in [1.165, 1.54) is 6.92 Å². The van der Waals surface area contributed by atoms with Gasteiger partial charge in [0.2, 0.25) is 17.5 Å². The number of carbonyl (C=O) groups excluding carboxylic acids is 1. The summed E-state index contributed by atoms with van der Waals surface area (Å²) in [5, 5.41) is 3.38. The fourth-order valence-corrected chi connectivity index (χ4v) is 0.442. The van der Waals surface area contributed by atoms with Gasteiger partial charge in [-0.25, -0.2) is 0 Å². The molecule has 0 radical (unpaired) electrons. The number of hydrogen-bond acceptors (Lipinski definition) is 4. The van der Waals surface area contributed by atoms with Crippen LogP contribution < -0.4 is 0 Å². The highest BCUT2D eigenvalue weighted by Crippen LogP contribution is 1.94. The predicted molar refractivity (Wildman–Crippen MR) is 29.0 cm³/mol. The molecular formula is C5H6N2O2. The summed E-state index contributed by atoms with van der Waals surface area (Å²) < 4.78 is 4.54. The Morgan fingerprint density at radius 3 is 2.56 bits per heavy atom. The number of nitrogens with zero attached hydrogens (tertiary/aromatic N) is 2. The average Bonchev–Trinajstić information content (AvgIpc) is 2.14. The van der Waals surface area contributed by atoms with E-state index in [0.717, 1.165) is 0 Å². The van der Waals surface area contributed by atoms with Crippen molar-refractivity contribution in [1.29, 1.82) is 0 Å². The van der Waals surface area contributed by atoms with E-state index < -0.39 is 0 Å². The zero-order valence-corrected chi connectivity index (χ0v) is 5.21. The van der Waals surface area contributed by atoms with E-state index in [1.54, 1.807) is 6.92 Å². The van der Waals surface area contributed by atoms with E-state index in [-0.39, 0.29) is 11.6 Å². The number of Topliss-reactive ketones (excluding diaryl/α,β-unsaturated/α-hetero) is 1. The number of aryl methyl sites for hydroxylation is 1. The van der Waals surface area contributed by atoms with Gasteiger partial charge in [0.05, 0.1) is 0 Å². The van der Waals surface area contributed by atoms with Gasteiger partial charge in [-0.2, -0.15) is 4.98 Å². The van der Waals surface area contributed by atoms with Gasteiger partial charge in [-0.15, -0.1) is 0 Å². The number of ketones is 1. The van der Waals surface area contributed by atoms with Crippen LogP contribution in [0.15, 0.2) is 4.52 Å². The van der Waals surface area contributed by atoms with Crippen LogP contribution in [0.2, 0.25) is 0 Å². The highest BCUT2D eigenvalue weighted by atomic mass is 16.5. The van der Waals surface area contributed by atoms with Gasteiger partial charge in [-0.1, -0.05) is 5.16 Å². The monoisotopic (exact) mass is 126 g/mol. The van der Waals surface area contributed by atoms with Crippen LogP contribution in [-0.2, 0) is 0 Å². The van der Waals surface area contributed by atoms with Gasteiger partial charge < -0.3 is 4.52 Å². The van der Waals surface area contributed by atoms with E-state index >= 15 is 0 Å². The Balaban J connectivity index is 2.98. The number of rotatable bonds is 1. The number of carbonyl (C=O) groups is 1. The lowest BCUT2D eigenvalue weighted by Crippen LogP contribution is -1.93. The fraction of sp³-hybridized carbons (Fsp3) is 0.400. The van der Waals surface area contributed by atoms with Crippen molar-refractivity contribution in [1.82, 2.24) is 10.1 Å². The Morgan fingerprint density at radius 1 is 1.67 bits per heavy atom. The Labute approximate surface area is 51.9 Å². The highest BCUT2D eigenvalue weighted by molar-refractivity contribution is 5.89. The first kappa shape index (κ1) is 5.94. The SMILES string of the molecule is CC(=O)c1noc(C)n1. The molecule has 0 aliphatic heterocycles. The van der Waals surface area contributed by atoms with E-state index in [2.05, 4.69) is 14.7 Å². The summed E-state index contributed by atoms with van der Waals surface area (Å²) in [6.45, 7) is 3.03. The number of hydrogen-bond donors (Lipinski definition) is 0. The van der Waals surface area contributed by atoms with Gasteiger partial charge in [0.15, 0.2) is 0 Å². The van der Waals surface area contributed by atoms with Crippen LogP contribution in [0.1, 0.15) is 23.4 Å². The lowest BCUT2D eigenvalue weighted by Gasteiger charge is -1.75. The van der Waals surface area contributed by atoms with Crippen molar-refractivity contribution in [2.75, 3.05) is 0 Å². The summed E-state index contributed by atoms with van der Waals surface area (Å²) in [6, 6.07) is 0. The summed E-state index contributed by atoms with van der Waals surface area (Å²) in [4.78, 5) is 14.2. The Hall–Kier alpha value is -1.19. The normalized spacial score (nSPS) is 9.56. The van der Waals surface area contributed by atoms with Crippen LogP contribution >= 0.6 is 0 Å². The Kier molecular flexibility index (Phi) is 1.30. The molecule has 1 rings (SSSR count). The highest BCUT2D eigenvalue weighted by Gasteiger charge is 2.05. The van der Waals surface area contributed by atoms with Gasteiger partial charge in [0.1, 0.15) is 0 Å². The fourth-order valence-electron chi connectivity index (χ4n) is 0.442. The molecule has 0 aromatic carbocycles. The lowest BCUT2D eigenvalue weighted by atomic mass is 10.4. The van der Waals surface area contributed by atoms with Crippen molar-refractivity contribution in [2.24, 2.45) is 0 Å². The van der Waals surface area contributed by atoms with Crippen LogP contribution in [0.5, 0.6) is 0 Å². The Bertz CT molecular complexity index is 229. The molecule has 1 heterocycles. The van der Waals surface area contributed by atoms with Crippen molar-refractivity contribution in [3.05, 3.63) is 11.7 Å². The van der Waals surface area contributed by atoms with Crippen molar-refractivity contribution < 1.29 is 9.32 Å². The van der Waals surface area contributed by atoms with E-state index in [1.807, 2.05) is 0 Å². The van der Waals surface area contributed by atoms with Crippen molar-refractivity contribution in [2.45, 2.75) is 13.8 Å². The summed E-state index contributed by atoms with van der Waals surface area (Å²) >= 11 is 0. The molecule has 0 saturated heterocycles. The molecule has 0 N–H and O–H groups in total. The molecule has 0 bridgehead atoms. The number of aromatic nitrogens is 2. The average molecular weight is 126 g/mol. The zero-order chi connectivity index (χ0) is 6.85. The first-order valence-electron chi connectivity index (χ1n) is 2.51. The molecule has 4 heteroatoms. The molecule has 0 unspecified atom stereocenters. The molecule has 0 amide bonds. The maximum atomic E-state index is 10.5. The van der Waals surface area contributed by atoms with Crippen molar-refractivity contribution in [3.8, 4) is 0 Å². The topological polar surface area (TPSA) is 56.0 Å². The third kappa shape index (κ3) is 1.13. The smallest absolute Gasteiger partial charge is 0.238 e. The lowest BCUT2D eigenvalue weighted by molar-refractivity contribution is 0.100. The minimum Gasteiger partial charge on any atom is -0.339 e. The molecule has 0 fully saturated rings. The molecular weight excluding hydrogens is 120 g/mol. The van der Waals surface area contributed by atoms with Crippen LogP contribution in [0.4, 0.5) is 0 Å². The van der Waals surface area contributed by atoms with E-state index in [0.29, 0.717) is 5.89 Å². The molecule has 0 spiro atoms. The summed E-state index contributed by atoms with van der Waals surface area (Å²) in [6.07, 6.45) is 0. The first-order chi connectivity index (χ1) is 4.20. The van der Waals surface area contributed by atoms with Gasteiger partial charge >= 0.3 is 0 Å². The molecule has 1 aromatic heterocycles. The third-order valence-electron chi connectivity index (χ3n) is 0.842. The molecule has 9 heavy (non-hydrogen) atoms. The summed E-state index contributed by atoms with van der Waals surface area (Å²) in [5.74, 6) is 0.388. The zero-order valence-electron chi connectivity index (χ0n) is 5.21. The predicted octanol–water partition coefficient (Wildman–Crippen LogP) is 0.581. The maximum absolute atomic E-state index is 10.5. The molecule has 1 aromatic rings. The molecule has 0 aliphatic carbocycles. The van der Waals surface area contributed by atoms with Crippen molar-refractivity contribution >= 4 is 5.78 Å². The second-order valence-corrected chi connectivity index (χ2v) is 1.69. The minimum atomic E-state index is -0.174. The summed E-state index contributed by atoms with van der Waals surface area (Å²) in [5.41, 5.74) is 0. The van der Waals surface area contributed by atoms with Gasteiger partial charge in [0.25, 0.3) is 0 Å². The van der Waals surface area contributed by atoms with Crippen LogP contribution in [0.3, 0.4) is 0 Å². The van der Waals surface area contributed by atoms with Gasteiger partial charge in [0, 0.05) is 13.8 Å². The molecule has 0 saturated carbocycles. The van der Waals surface area contributed by atoms with Crippen LogP contribution in [-0.4, -0.2) is 15.9 Å². The second kappa shape index (κ2) is 1.97. The maximum Gasteiger partial charge on any atom is 0.238 e. The third-order valence-corrected chi connectivity index (χ3v) is 0.842. The van der Waals surface area contributed by atoms with E-state index in [4.69, 9.17) is 0 Å². The van der Waals surface area contributed by atoms with Crippen molar-refractivity contribution in [3.63, 3.8) is 0 Å². The van der Waals surface area contributed by atoms with Gasteiger partial charge in [-0.3, -0.25) is 4.79 Å². The van der Waals surface area contributed by atoms with Gasteiger partial charge in [-0.05, 0) is 0 Å². The quantitative estimate of drug-likeness (QED) is 0.516. The largest absolute Gasteiger partial charge is 0.339 e. The molecule has 0 aliphatic rings. The standard InChI is InChI=1S/C5H6N2O2/c1-3(8)5-6-4(2)9-7-5/h1-2H3. The first-order valence-corrected chi connectivity index (χ1v) is 2.51. The minimum absolute atomic E-state index is 0.146. The molecule has 4 nitrogen and oxygen atoms in total. The van der Waals surface area contributed by atoms with Crippen LogP contribution in [0.25, 0.3) is 0 Å². The second-order valence-electron chi connectivity index (χ2n) is 1.69.